The zero-order chi connectivity index (χ0) is 14.5. The van der Waals surface area contributed by atoms with E-state index in [4.69, 9.17) is 0 Å². The maximum Gasteiger partial charge on any atom is 0.0645 e. The van der Waals surface area contributed by atoms with Crippen LogP contribution in [-0.2, 0) is 0 Å². The number of hydrogen-bond donors (Lipinski definition) is 1. The molecule has 1 heterocycles. The van der Waals surface area contributed by atoms with Crippen molar-refractivity contribution in [2.24, 2.45) is 0 Å². The minimum atomic E-state index is 0.294. The molecule has 0 radical (unpaired) electrons. The van der Waals surface area contributed by atoms with Crippen LogP contribution in [-0.4, -0.2) is 41.4 Å². The van der Waals surface area contributed by atoms with Gasteiger partial charge in [0.25, 0.3) is 0 Å². The standard InChI is InChI=1S/C16H24N4/c1-13(11-19(3)4)18-14(2)15-10-17-20(12-15)16-8-6-5-7-9-16/h5-10,12-14,18H,11H2,1-4H3. The highest BCUT2D eigenvalue weighted by molar-refractivity contribution is 5.31. The van der Waals surface area contributed by atoms with E-state index in [1.165, 1.54) is 5.56 Å². The fourth-order valence-corrected chi connectivity index (χ4v) is 2.41. The lowest BCUT2D eigenvalue weighted by Crippen LogP contribution is -2.37. The smallest absolute Gasteiger partial charge is 0.0645 e. The Hall–Kier alpha value is -1.65. The van der Waals surface area contributed by atoms with Crippen molar-refractivity contribution >= 4 is 0 Å². The minimum Gasteiger partial charge on any atom is -0.308 e. The summed E-state index contributed by atoms with van der Waals surface area (Å²) < 4.78 is 1.92. The van der Waals surface area contributed by atoms with Crippen molar-refractivity contribution in [2.75, 3.05) is 20.6 Å². The molecule has 1 aromatic carbocycles. The molecule has 4 nitrogen and oxygen atoms in total. The summed E-state index contributed by atoms with van der Waals surface area (Å²) in [6.07, 6.45) is 4.03. The van der Waals surface area contributed by atoms with Crippen molar-refractivity contribution in [1.82, 2.24) is 20.0 Å². The number of aromatic nitrogens is 2. The number of benzene rings is 1. The third-order valence-electron chi connectivity index (χ3n) is 3.30. The summed E-state index contributed by atoms with van der Waals surface area (Å²) in [5.41, 5.74) is 2.30. The molecule has 0 aliphatic rings. The van der Waals surface area contributed by atoms with Crippen LogP contribution in [0.15, 0.2) is 42.7 Å². The highest BCUT2D eigenvalue weighted by Crippen LogP contribution is 2.14. The van der Waals surface area contributed by atoms with Gasteiger partial charge in [-0.3, -0.25) is 0 Å². The van der Waals surface area contributed by atoms with Crippen molar-refractivity contribution in [2.45, 2.75) is 25.9 Å². The van der Waals surface area contributed by atoms with Gasteiger partial charge in [-0.2, -0.15) is 5.10 Å². The van der Waals surface area contributed by atoms with Crippen molar-refractivity contribution in [1.29, 1.82) is 0 Å². The van der Waals surface area contributed by atoms with Crippen LogP contribution in [0.1, 0.15) is 25.5 Å². The predicted molar refractivity (Wildman–Crippen MR) is 83.1 cm³/mol. The zero-order valence-corrected chi connectivity index (χ0v) is 12.7. The lowest BCUT2D eigenvalue weighted by atomic mass is 10.1. The molecule has 2 aromatic rings. The van der Waals surface area contributed by atoms with Gasteiger partial charge in [0.2, 0.25) is 0 Å². The molecular weight excluding hydrogens is 248 g/mol. The second-order valence-electron chi connectivity index (χ2n) is 5.61. The van der Waals surface area contributed by atoms with Crippen molar-refractivity contribution in [3.63, 3.8) is 0 Å². The van der Waals surface area contributed by atoms with Gasteiger partial charge in [-0.25, -0.2) is 4.68 Å². The van der Waals surface area contributed by atoms with Gasteiger partial charge in [-0.05, 0) is 40.1 Å². The van der Waals surface area contributed by atoms with E-state index in [1.807, 2.05) is 29.1 Å². The van der Waals surface area contributed by atoms with Gasteiger partial charge in [0.15, 0.2) is 0 Å². The number of nitrogens with zero attached hydrogens (tertiary/aromatic N) is 3. The van der Waals surface area contributed by atoms with Crippen LogP contribution >= 0.6 is 0 Å². The van der Waals surface area contributed by atoms with E-state index >= 15 is 0 Å². The first kappa shape index (κ1) is 14.8. The molecule has 0 aliphatic heterocycles. The lowest BCUT2D eigenvalue weighted by Gasteiger charge is -2.22. The van der Waals surface area contributed by atoms with Crippen LogP contribution in [0.2, 0.25) is 0 Å². The molecule has 1 aromatic heterocycles. The van der Waals surface area contributed by atoms with Crippen LogP contribution < -0.4 is 5.32 Å². The molecule has 0 saturated carbocycles. The topological polar surface area (TPSA) is 33.1 Å². The average Bonchev–Trinajstić information content (AvgIpc) is 2.88. The number of para-hydroxylation sites is 1. The van der Waals surface area contributed by atoms with E-state index in [0.29, 0.717) is 12.1 Å². The Morgan fingerprint density at radius 3 is 2.55 bits per heavy atom. The highest BCUT2D eigenvalue weighted by atomic mass is 15.3. The van der Waals surface area contributed by atoms with Crippen molar-refractivity contribution < 1.29 is 0 Å². The molecule has 0 aliphatic carbocycles. The maximum atomic E-state index is 4.44. The first-order valence-electron chi connectivity index (χ1n) is 7.07. The van der Waals surface area contributed by atoms with Gasteiger partial charge < -0.3 is 10.2 Å². The lowest BCUT2D eigenvalue weighted by molar-refractivity contribution is 0.334. The molecule has 2 rings (SSSR count). The Bertz CT molecular complexity index is 518. The zero-order valence-electron chi connectivity index (χ0n) is 12.7. The largest absolute Gasteiger partial charge is 0.308 e. The fourth-order valence-electron chi connectivity index (χ4n) is 2.41. The Labute approximate surface area is 121 Å². The molecule has 1 N–H and O–H groups in total. The SMILES string of the molecule is CC(CN(C)C)NC(C)c1cnn(-c2ccccc2)c1. The van der Waals surface area contributed by atoms with E-state index in [2.05, 4.69) is 61.6 Å². The van der Waals surface area contributed by atoms with Crippen LogP contribution in [0.3, 0.4) is 0 Å². The van der Waals surface area contributed by atoms with Crippen LogP contribution in [0.4, 0.5) is 0 Å². The van der Waals surface area contributed by atoms with E-state index < -0.39 is 0 Å². The molecule has 0 saturated heterocycles. The number of nitrogens with one attached hydrogen (secondary N) is 1. The summed E-state index contributed by atoms with van der Waals surface area (Å²) in [5.74, 6) is 0. The summed E-state index contributed by atoms with van der Waals surface area (Å²) in [4.78, 5) is 2.19. The van der Waals surface area contributed by atoms with E-state index in [9.17, 15) is 0 Å². The van der Waals surface area contributed by atoms with Gasteiger partial charge in [-0.15, -0.1) is 0 Å². The van der Waals surface area contributed by atoms with Crippen LogP contribution in [0, 0.1) is 0 Å². The summed E-state index contributed by atoms with van der Waals surface area (Å²) in [6, 6.07) is 10.9. The van der Waals surface area contributed by atoms with Crippen molar-refractivity contribution in [3.8, 4) is 5.69 Å². The van der Waals surface area contributed by atoms with Gasteiger partial charge in [0.05, 0.1) is 11.9 Å². The van der Waals surface area contributed by atoms with Gasteiger partial charge in [0, 0.05) is 30.4 Å². The molecule has 2 unspecified atom stereocenters. The Balaban J connectivity index is 2.01. The van der Waals surface area contributed by atoms with E-state index in [-0.39, 0.29) is 0 Å². The first-order valence-corrected chi connectivity index (χ1v) is 7.07. The number of hydrogen-bond acceptors (Lipinski definition) is 3. The number of likely N-dealkylation sites (N-methyl/N-ethyl adjacent to an activating group) is 1. The van der Waals surface area contributed by atoms with E-state index in [1.54, 1.807) is 0 Å². The fraction of sp³-hybridized carbons (Fsp3) is 0.438. The van der Waals surface area contributed by atoms with Crippen molar-refractivity contribution in [3.05, 3.63) is 48.3 Å². The third-order valence-corrected chi connectivity index (χ3v) is 3.30. The quantitative estimate of drug-likeness (QED) is 0.877. The van der Waals surface area contributed by atoms with Crippen LogP contribution in [0.5, 0.6) is 0 Å². The maximum absolute atomic E-state index is 4.44. The van der Waals surface area contributed by atoms with Gasteiger partial charge in [-0.1, -0.05) is 18.2 Å². The van der Waals surface area contributed by atoms with E-state index in [0.717, 1.165) is 12.2 Å². The molecule has 108 valence electrons. The Morgan fingerprint density at radius 2 is 1.90 bits per heavy atom. The predicted octanol–water partition coefficient (Wildman–Crippen LogP) is 2.47. The Morgan fingerprint density at radius 1 is 1.20 bits per heavy atom. The molecule has 4 heteroatoms. The van der Waals surface area contributed by atoms with Crippen LogP contribution in [0.25, 0.3) is 5.69 Å². The van der Waals surface area contributed by atoms with Gasteiger partial charge >= 0.3 is 0 Å². The molecule has 0 bridgehead atoms. The second kappa shape index (κ2) is 6.68. The Kier molecular flexibility index (Phi) is 4.93. The number of rotatable bonds is 6. The third kappa shape index (κ3) is 3.92. The molecular formula is C16H24N4. The minimum absolute atomic E-state index is 0.294. The molecule has 0 amide bonds. The molecule has 2 atom stereocenters. The summed E-state index contributed by atoms with van der Waals surface area (Å²) in [6.45, 7) is 5.41. The monoisotopic (exact) mass is 272 g/mol. The molecule has 0 spiro atoms. The summed E-state index contributed by atoms with van der Waals surface area (Å²) >= 11 is 0. The first-order chi connectivity index (χ1) is 9.56. The molecule has 0 fully saturated rings. The normalized spacial score (nSPS) is 14.4. The van der Waals surface area contributed by atoms with Gasteiger partial charge in [0.1, 0.15) is 0 Å². The summed E-state index contributed by atoms with van der Waals surface area (Å²) in [7, 11) is 4.19. The highest BCUT2D eigenvalue weighted by Gasteiger charge is 2.12. The molecule has 20 heavy (non-hydrogen) atoms. The summed E-state index contributed by atoms with van der Waals surface area (Å²) in [5, 5.41) is 8.04. The second-order valence-corrected chi connectivity index (χ2v) is 5.61. The average molecular weight is 272 g/mol.